The van der Waals surface area contributed by atoms with Gasteiger partial charge in [0.25, 0.3) is 5.91 Å². The van der Waals surface area contributed by atoms with Crippen molar-refractivity contribution in [1.29, 1.82) is 0 Å². The van der Waals surface area contributed by atoms with Crippen LogP contribution in [0.25, 0.3) is 22.2 Å². The summed E-state index contributed by atoms with van der Waals surface area (Å²) >= 11 is 0. The number of hydrogen-bond donors (Lipinski definition) is 2. The highest BCUT2D eigenvalue weighted by atomic mass is 16.5. The van der Waals surface area contributed by atoms with Crippen molar-refractivity contribution in [3.8, 4) is 11.3 Å². The van der Waals surface area contributed by atoms with Gasteiger partial charge in [0.15, 0.2) is 0 Å². The van der Waals surface area contributed by atoms with Crippen molar-refractivity contribution in [2.24, 2.45) is 11.8 Å². The molecule has 0 atom stereocenters. The summed E-state index contributed by atoms with van der Waals surface area (Å²) in [6, 6.07) is 13.4. The molecule has 4 rings (SSSR count). The molecule has 2 heterocycles. The molecule has 1 fully saturated rings. The van der Waals surface area contributed by atoms with Gasteiger partial charge < -0.3 is 15.4 Å². The fourth-order valence-corrected chi connectivity index (χ4v) is 4.48. The molecule has 0 spiro atoms. The van der Waals surface area contributed by atoms with E-state index in [1.54, 1.807) is 12.4 Å². The molecule has 2 N–H and O–H groups in total. The van der Waals surface area contributed by atoms with Gasteiger partial charge in [0.1, 0.15) is 0 Å². The summed E-state index contributed by atoms with van der Waals surface area (Å²) in [6.45, 7) is 3.74. The van der Waals surface area contributed by atoms with Gasteiger partial charge in [-0.25, -0.2) is 9.78 Å². The Morgan fingerprint density at radius 1 is 0.971 bits per heavy atom. The minimum Gasteiger partial charge on any atom is -0.450 e. The predicted octanol–water partition coefficient (Wildman–Crippen LogP) is 4.97. The van der Waals surface area contributed by atoms with E-state index in [9.17, 15) is 9.59 Å². The van der Waals surface area contributed by atoms with Crippen LogP contribution >= 0.6 is 0 Å². The lowest BCUT2D eigenvalue weighted by molar-refractivity contribution is 0.0942. The summed E-state index contributed by atoms with van der Waals surface area (Å²) in [7, 11) is 0. The number of alkyl carbamates (subject to hydrolysis) is 1. The van der Waals surface area contributed by atoms with Crippen LogP contribution in [0.4, 0.5) is 4.79 Å². The molecule has 0 aliphatic heterocycles. The third-order valence-electron chi connectivity index (χ3n) is 6.43. The zero-order chi connectivity index (χ0) is 23.8. The Morgan fingerprint density at radius 2 is 1.65 bits per heavy atom. The van der Waals surface area contributed by atoms with E-state index in [4.69, 9.17) is 9.72 Å². The summed E-state index contributed by atoms with van der Waals surface area (Å²) in [4.78, 5) is 33.7. The molecule has 1 aliphatic carbocycles. The minimum atomic E-state index is -0.327. The van der Waals surface area contributed by atoms with Crippen LogP contribution in [0.2, 0.25) is 0 Å². The molecule has 178 valence electrons. The second-order valence-corrected chi connectivity index (χ2v) is 8.92. The Bertz CT molecular complexity index is 1110. The van der Waals surface area contributed by atoms with Crippen LogP contribution in [0.5, 0.6) is 0 Å². The number of carbonyl (C=O) groups is 2. The molecule has 0 bridgehead atoms. The third-order valence-corrected chi connectivity index (χ3v) is 6.43. The Balaban J connectivity index is 1.34. The van der Waals surface area contributed by atoms with Gasteiger partial charge in [0, 0.05) is 36.4 Å². The third kappa shape index (κ3) is 6.10. The largest absolute Gasteiger partial charge is 0.450 e. The van der Waals surface area contributed by atoms with Crippen molar-refractivity contribution in [1.82, 2.24) is 20.6 Å². The first kappa shape index (κ1) is 23.7. The van der Waals surface area contributed by atoms with Gasteiger partial charge in [-0.05, 0) is 68.2 Å². The molecule has 0 saturated heterocycles. The zero-order valence-corrected chi connectivity index (χ0v) is 19.6. The predicted molar refractivity (Wildman–Crippen MR) is 132 cm³/mol. The van der Waals surface area contributed by atoms with E-state index in [1.165, 1.54) is 0 Å². The number of benzene rings is 1. The van der Waals surface area contributed by atoms with E-state index in [2.05, 4.69) is 15.6 Å². The van der Waals surface area contributed by atoms with Crippen molar-refractivity contribution in [3.63, 3.8) is 0 Å². The minimum absolute atomic E-state index is 0.0728. The average molecular weight is 461 g/mol. The topological polar surface area (TPSA) is 93.2 Å². The molecule has 34 heavy (non-hydrogen) atoms. The van der Waals surface area contributed by atoms with Crippen molar-refractivity contribution < 1.29 is 14.3 Å². The summed E-state index contributed by atoms with van der Waals surface area (Å²) < 4.78 is 5.07. The van der Waals surface area contributed by atoms with E-state index in [-0.39, 0.29) is 12.0 Å². The highest BCUT2D eigenvalue weighted by molar-refractivity contribution is 6.07. The smallest absolute Gasteiger partial charge is 0.407 e. The fraction of sp³-hybridized carbons (Fsp3) is 0.407. The molecule has 0 unspecified atom stereocenters. The number of pyridine rings is 2. The first-order valence-corrected chi connectivity index (χ1v) is 12.1. The normalized spacial score (nSPS) is 17.8. The monoisotopic (exact) mass is 460 g/mol. The van der Waals surface area contributed by atoms with Gasteiger partial charge in [0.2, 0.25) is 0 Å². The summed E-state index contributed by atoms with van der Waals surface area (Å²) in [5.41, 5.74) is 3.13. The van der Waals surface area contributed by atoms with E-state index in [1.807, 2.05) is 49.4 Å². The number of fused-ring (bicyclic) bond motifs is 1. The quantitative estimate of drug-likeness (QED) is 0.495. The van der Waals surface area contributed by atoms with Crippen LogP contribution in [0.1, 0.15) is 49.4 Å². The van der Waals surface area contributed by atoms with Crippen LogP contribution < -0.4 is 10.6 Å². The number of nitrogens with zero attached hydrogens (tertiary/aromatic N) is 2. The number of rotatable bonds is 8. The number of nitrogens with one attached hydrogen (secondary N) is 2. The SMILES string of the molecule is CCCOC(=O)NC[C@H]1CC[C@H](CNC(=O)c2cc(-c3ccncc3)nc3ccccc23)CC1. The number of amides is 2. The van der Waals surface area contributed by atoms with Crippen molar-refractivity contribution >= 4 is 22.9 Å². The van der Waals surface area contributed by atoms with E-state index in [0.29, 0.717) is 37.1 Å². The first-order valence-electron chi connectivity index (χ1n) is 12.1. The molecule has 2 amide bonds. The van der Waals surface area contributed by atoms with Gasteiger partial charge in [-0.2, -0.15) is 0 Å². The van der Waals surface area contributed by atoms with Crippen LogP contribution in [0.15, 0.2) is 54.9 Å². The Hall–Kier alpha value is -3.48. The maximum atomic E-state index is 13.2. The lowest BCUT2D eigenvalue weighted by Crippen LogP contribution is -2.35. The van der Waals surface area contributed by atoms with Crippen LogP contribution in [-0.2, 0) is 4.74 Å². The Kier molecular flexibility index (Phi) is 8.07. The molecular formula is C27H32N4O3. The fourth-order valence-electron chi connectivity index (χ4n) is 4.48. The number of aromatic nitrogens is 2. The molecular weight excluding hydrogens is 428 g/mol. The molecule has 3 aromatic rings. The molecule has 0 radical (unpaired) electrons. The standard InChI is InChI=1S/C27H32N4O3/c1-2-15-34-27(33)30-18-20-9-7-19(8-10-20)17-29-26(32)23-16-25(21-11-13-28-14-12-21)31-24-6-4-3-5-22(23)24/h3-6,11-14,16,19-20H,2,7-10,15,17-18H2,1H3,(H,29,32)(H,30,33)/t19-,20-. The summed E-state index contributed by atoms with van der Waals surface area (Å²) in [5, 5.41) is 6.88. The molecule has 2 aromatic heterocycles. The van der Waals surface area contributed by atoms with E-state index >= 15 is 0 Å². The van der Waals surface area contributed by atoms with Gasteiger partial charge in [-0.1, -0.05) is 25.1 Å². The van der Waals surface area contributed by atoms with Crippen LogP contribution in [-0.4, -0.2) is 41.7 Å². The van der Waals surface area contributed by atoms with E-state index in [0.717, 1.165) is 54.3 Å². The second kappa shape index (κ2) is 11.6. The molecule has 7 nitrogen and oxygen atoms in total. The average Bonchev–Trinajstić information content (AvgIpc) is 2.89. The van der Waals surface area contributed by atoms with Gasteiger partial charge >= 0.3 is 6.09 Å². The highest BCUT2D eigenvalue weighted by Crippen LogP contribution is 2.29. The maximum absolute atomic E-state index is 13.2. The maximum Gasteiger partial charge on any atom is 0.407 e. The second-order valence-electron chi connectivity index (χ2n) is 8.92. The Morgan fingerprint density at radius 3 is 2.35 bits per heavy atom. The van der Waals surface area contributed by atoms with Crippen molar-refractivity contribution in [2.75, 3.05) is 19.7 Å². The number of hydrogen-bond acceptors (Lipinski definition) is 5. The van der Waals surface area contributed by atoms with Gasteiger partial charge in [-0.3, -0.25) is 9.78 Å². The van der Waals surface area contributed by atoms with Crippen LogP contribution in [0.3, 0.4) is 0 Å². The van der Waals surface area contributed by atoms with Crippen LogP contribution in [0, 0.1) is 11.8 Å². The van der Waals surface area contributed by atoms with Gasteiger partial charge in [0.05, 0.1) is 23.4 Å². The highest BCUT2D eigenvalue weighted by Gasteiger charge is 2.23. The summed E-state index contributed by atoms with van der Waals surface area (Å²) in [6.07, 6.45) is 8.11. The number of carbonyl (C=O) groups excluding carboxylic acids is 2. The lowest BCUT2D eigenvalue weighted by Gasteiger charge is -2.28. The number of ether oxygens (including phenoxy) is 1. The lowest BCUT2D eigenvalue weighted by atomic mass is 9.82. The number of para-hydroxylation sites is 1. The first-order chi connectivity index (χ1) is 16.6. The molecule has 7 heteroatoms. The van der Waals surface area contributed by atoms with E-state index < -0.39 is 0 Å². The molecule has 1 aromatic carbocycles. The summed E-state index contributed by atoms with van der Waals surface area (Å²) in [5.74, 6) is 0.838. The van der Waals surface area contributed by atoms with Crippen molar-refractivity contribution in [3.05, 3.63) is 60.4 Å². The molecule has 1 saturated carbocycles. The Labute approximate surface area is 200 Å². The molecule has 1 aliphatic rings. The zero-order valence-electron chi connectivity index (χ0n) is 19.6. The van der Waals surface area contributed by atoms with Gasteiger partial charge in [-0.15, -0.1) is 0 Å². The van der Waals surface area contributed by atoms with Crippen molar-refractivity contribution in [2.45, 2.75) is 39.0 Å².